The number of aromatic nitrogens is 1. The highest BCUT2D eigenvalue weighted by molar-refractivity contribution is 5.52. The summed E-state index contributed by atoms with van der Waals surface area (Å²) in [4.78, 5) is 2.54. The summed E-state index contributed by atoms with van der Waals surface area (Å²) in [6.45, 7) is 3.14. The van der Waals surface area contributed by atoms with Crippen LogP contribution in [0, 0.1) is 0 Å². The third-order valence-corrected chi connectivity index (χ3v) is 5.56. The second-order valence-electron chi connectivity index (χ2n) is 7.09. The number of benzene rings is 2. The second-order valence-corrected chi connectivity index (χ2v) is 7.09. The van der Waals surface area contributed by atoms with Crippen LogP contribution in [0.3, 0.4) is 0 Å². The molecule has 5 rings (SSSR count). The third-order valence-electron chi connectivity index (χ3n) is 5.56. The number of ether oxygens (including phenoxy) is 1. The van der Waals surface area contributed by atoms with Gasteiger partial charge in [0.1, 0.15) is 5.75 Å². The van der Waals surface area contributed by atoms with Crippen LogP contribution >= 0.6 is 0 Å². The highest BCUT2D eigenvalue weighted by Crippen LogP contribution is 2.44. The maximum Gasteiger partial charge on any atom is 0.152 e. The Labute approximate surface area is 148 Å². The number of rotatable bonds is 2. The summed E-state index contributed by atoms with van der Waals surface area (Å²) in [5.41, 5.74) is 3.65. The van der Waals surface area contributed by atoms with Crippen LogP contribution in [0.5, 0.6) is 5.75 Å². The van der Waals surface area contributed by atoms with E-state index in [2.05, 4.69) is 82.4 Å². The molecule has 2 aliphatic rings. The van der Waals surface area contributed by atoms with Crippen LogP contribution in [0.2, 0.25) is 0 Å². The summed E-state index contributed by atoms with van der Waals surface area (Å²) in [7, 11) is 0. The SMILES string of the molecule is c1ccc(CN2CCC3(CC2)Oc2ccccc2-n2cccc23)cc1. The van der Waals surface area contributed by atoms with Crippen LogP contribution in [-0.4, -0.2) is 22.6 Å². The Morgan fingerprint density at radius 1 is 0.840 bits per heavy atom. The first-order valence-electron chi connectivity index (χ1n) is 9.07. The zero-order valence-electron chi connectivity index (χ0n) is 14.3. The second kappa shape index (κ2) is 5.78. The van der Waals surface area contributed by atoms with Gasteiger partial charge in [-0.2, -0.15) is 0 Å². The molecule has 1 fully saturated rings. The average Bonchev–Trinajstić information content (AvgIpc) is 3.16. The van der Waals surface area contributed by atoms with Gasteiger partial charge in [-0.25, -0.2) is 0 Å². The van der Waals surface area contributed by atoms with Gasteiger partial charge in [0.05, 0.1) is 11.4 Å². The van der Waals surface area contributed by atoms with E-state index < -0.39 is 0 Å². The minimum atomic E-state index is -0.189. The van der Waals surface area contributed by atoms with E-state index in [1.807, 2.05) is 0 Å². The van der Waals surface area contributed by atoms with E-state index in [0.717, 1.165) is 43.9 Å². The first-order valence-corrected chi connectivity index (χ1v) is 9.07. The lowest BCUT2D eigenvalue weighted by Crippen LogP contribution is -2.48. The van der Waals surface area contributed by atoms with Gasteiger partial charge in [0.2, 0.25) is 0 Å². The summed E-state index contributed by atoms with van der Waals surface area (Å²) in [5.74, 6) is 1.00. The Balaban J connectivity index is 1.40. The number of hydrogen-bond donors (Lipinski definition) is 0. The van der Waals surface area contributed by atoms with Gasteiger partial charge in [0.15, 0.2) is 5.60 Å². The number of nitrogens with zero attached hydrogens (tertiary/aromatic N) is 2. The van der Waals surface area contributed by atoms with Gasteiger partial charge >= 0.3 is 0 Å². The Kier molecular flexibility index (Phi) is 3.42. The van der Waals surface area contributed by atoms with Gasteiger partial charge in [-0.1, -0.05) is 42.5 Å². The van der Waals surface area contributed by atoms with E-state index in [1.165, 1.54) is 11.3 Å². The van der Waals surface area contributed by atoms with Crippen molar-refractivity contribution in [3.05, 3.63) is 84.2 Å². The summed E-state index contributed by atoms with van der Waals surface area (Å²) in [5, 5.41) is 0. The smallest absolute Gasteiger partial charge is 0.152 e. The number of para-hydroxylation sites is 2. The predicted molar refractivity (Wildman–Crippen MR) is 99.0 cm³/mol. The van der Waals surface area contributed by atoms with E-state index in [1.54, 1.807) is 0 Å². The molecule has 2 aliphatic heterocycles. The molecule has 0 saturated carbocycles. The van der Waals surface area contributed by atoms with Gasteiger partial charge in [-0.05, 0) is 29.8 Å². The molecule has 25 heavy (non-hydrogen) atoms. The molecule has 0 amide bonds. The van der Waals surface area contributed by atoms with Crippen LogP contribution in [0.1, 0.15) is 24.1 Å². The highest BCUT2D eigenvalue weighted by atomic mass is 16.5. The van der Waals surface area contributed by atoms with E-state index >= 15 is 0 Å². The fourth-order valence-electron chi connectivity index (χ4n) is 4.24. The summed E-state index contributed by atoms with van der Waals surface area (Å²) >= 11 is 0. The average molecular weight is 330 g/mol. The van der Waals surface area contributed by atoms with Crippen LogP contribution in [-0.2, 0) is 12.1 Å². The molecule has 0 N–H and O–H groups in total. The molecule has 0 unspecified atom stereocenters. The topological polar surface area (TPSA) is 17.4 Å². The molecule has 0 aliphatic carbocycles. The lowest BCUT2D eigenvalue weighted by atomic mass is 9.86. The van der Waals surface area contributed by atoms with Crippen molar-refractivity contribution in [1.82, 2.24) is 9.47 Å². The van der Waals surface area contributed by atoms with Crippen molar-refractivity contribution in [2.75, 3.05) is 13.1 Å². The molecule has 126 valence electrons. The van der Waals surface area contributed by atoms with E-state index in [9.17, 15) is 0 Å². The zero-order valence-corrected chi connectivity index (χ0v) is 14.3. The van der Waals surface area contributed by atoms with Crippen LogP contribution in [0.15, 0.2) is 72.9 Å². The third kappa shape index (κ3) is 2.47. The molecule has 1 saturated heterocycles. The van der Waals surface area contributed by atoms with Gasteiger partial charge < -0.3 is 9.30 Å². The van der Waals surface area contributed by atoms with Crippen molar-refractivity contribution in [2.24, 2.45) is 0 Å². The van der Waals surface area contributed by atoms with Crippen LogP contribution < -0.4 is 4.74 Å². The summed E-state index contributed by atoms with van der Waals surface area (Å²) < 4.78 is 8.91. The van der Waals surface area contributed by atoms with E-state index in [4.69, 9.17) is 4.74 Å². The Morgan fingerprint density at radius 3 is 2.44 bits per heavy atom. The highest BCUT2D eigenvalue weighted by Gasteiger charge is 2.43. The monoisotopic (exact) mass is 330 g/mol. The summed E-state index contributed by atoms with van der Waals surface area (Å²) in [6, 6.07) is 23.5. The molecule has 1 aromatic heterocycles. The maximum absolute atomic E-state index is 6.60. The molecule has 3 heterocycles. The first-order chi connectivity index (χ1) is 12.3. The molecule has 2 aromatic carbocycles. The zero-order chi connectivity index (χ0) is 16.7. The fourth-order valence-corrected chi connectivity index (χ4v) is 4.24. The lowest BCUT2D eigenvalue weighted by Gasteiger charge is -2.45. The van der Waals surface area contributed by atoms with Gasteiger partial charge in [0.25, 0.3) is 0 Å². The normalized spacial score (nSPS) is 18.4. The van der Waals surface area contributed by atoms with Crippen molar-refractivity contribution in [2.45, 2.75) is 25.0 Å². The molecule has 3 aromatic rings. The minimum absolute atomic E-state index is 0.189. The van der Waals surface area contributed by atoms with E-state index in [-0.39, 0.29) is 5.60 Å². The van der Waals surface area contributed by atoms with Gasteiger partial charge in [-0.3, -0.25) is 4.90 Å². The summed E-state index contributed by atoms with van der Waals surface area (Å²) in [6.07, 6.45) is 4.21. The Bertz CT molecular complexity index is 876. The van der Waals surface area contributed by atoms with Gasteiger partial charge in [-0.15, -0.1) is 0 Å². The van der Waals surface area contributed by atoms with Crippen LogP contribution in [0.4, 0.5) is 0 Å². The number of fused-ring (bicyclic) bond motifs is 4. The predicted octanol–water partition coefficient (Wildman–Crippen LogP) is 4.36. The van der Waals surface area contributed by atoms with Crippen molar-refractivity contribution in [1.29, 1.82) is 0 Å². The molecule has 0 atom stereocenters. The molecular formula is C22H22N2O. The van der Waals surface area contributed by atoms with Crippen LogP contribution in [0.25, 0.3) is 5.69 Å². The molecule has 3 heteroatoms. The van der Waals surface area contributed by atoms with E-state index in [0.29, 0.717) is 0 Å². The van der Waals surface area contributed by atoms with Crippen molar-refractivity contribution < 1.29 is 4.74 Å². The quantitative estimate of drug-likeness (QED) is 0.694. The molecule has 1 spiro atoms. The fraction of sp³-hybridized carbons (Fsp3) is 0.273. The standard InChI is InChI=1S/C22H22N2O/c1-2-7-18(8-3-1)17-23-15-12-22(13-16-23)21-11-6-14-24(21)19-9-4-5-10-20(19)25-22/h1-11,14H,12-13,15-17H2. The number of likely N-dealkylation sites (tertiary alicyclic amines) is 1. The van der Waals surface area contributed by atoms with Crippen molar-refractivity contribution in [3.63, 3.8) is 0 Å². The lowest BCUT2D eigenvalue weighted by molar-refractivity contribution is -0.0151. The maximum atomic E-state index is 6.60. The van der Waals surface area contributed by atoms with Gasteiger partial charge in [0, 0.05) is 38.7 Å². The van der Waals surface area contributed by atoms with Crippen molar-refractivity contribution in [3.8, 4) is 11.4 Å². The molecule has 0 bridgehead atoms. The first kappa shape index (κ1) is 14.8. The molecular weight excluding hydrogens is 308 g/mol. The minimum Gasteiger partial charge on any atom is -0.479 e. The molecule has 3 nitrogen and oxygen atoms in total. The number of piperidine rings is 1. The Morgan fingerprint density at radius 2 is 1.60 bits per heavy atom. The van der Waals surface area contributed by atoms with Crippen molar-refractivity contribution >= 4 is 0 Å². The molecule has 0 radical (unpaired) electrons. The Hall–Kier alpha value is -2.52. The number of hydrogen-bond acceptors (Lipinski definition) is 2. The largest absolute Gasteiger partial charge is 0.479 e.